The Bertz CT molecular complexity index is 399. The first kappa shape index (κ1) is 15.0. The van der Waals surface area contributed by atoms with Gasteiger partial charge in [0.1, 0.15) is 0 Å². The SMILES string of the molecule is O=C(CCC1CCCCC1)NC(CO)c1ccccc1. The summed E-state index contributed by atoms with van der Waals surface area (Å²) in [4.78, 5) is 12.0. The van der Waals surface area contributed by atoms with E-state index >= 15 is 0 Å². The molecule has 1 fully saturated rings. The van der Waals surface area contributed by atoms with E-state index in [0.29, 0.717) is 6.42 Å². The van der Waals surface area contributed by atoms with Gasteiger partial charge in [-0.05, 0) is 17.9 Å². The lowest BCUT2D eigenvalue weighted by molar-refractivity contribution is -0.122. The largest absolute Gasteiger partial charge is 0.394 e. The second kappa shape index (κ2) is 8.05. The number of carbonyl (C=O) groups is 1. The molecule has 0 aromatic heterocycles. The van der Waals surface area contributed by atoms with Gasteiger partial charge in [-0.15, -0.1) is 0 Å². The second-order valence-corrected chi connectivity index (χ2v) is 5.76. The van der Waals surface area contributed by atoms with Crippen molar-refractivity contribution in [3.63, 3.8) is 0 Å². The van der Waals surface area contributed by atoms with Crippen molar-refractivity contribution < 1.29 is 9.90 Å². The van der Waals surface area contributed by atoms with Crippen molar-refractivity contribution in [2.75, 3.05) is 6.61 Å². The Hall–Kier alpha value is -1.35. The fourth-order valence-corrected chi connectivity index (χ4v) is 3.00. The molecule has 1 aliphatic rings. The van der Waals surface area contributed by atoms with E-state index in [2.05, 4.69) is 5.32 Å². The molecular formula is C17H25NO2. The molecule has 20 heavy (non-hydrogen) atoms. The van der Waals surface area contributed by atoms with Crippen LogP contribution in [0.5, 0.6) is 0 Å². The minimum absolute atomic E-state index is 0.0541. The first-order chi connectivity index (χ1) is 9.79. The summed E-state index contributed by atoms with van der Waals surface area (Å²) in [6.07, 6.45) is 8.09. The van der Waals surface area contributed by atoms with Crippen molar-refractivity contribution in [1.29, 1.82) is 0 Å². The van der Waals surface area contributed by atoms with Gasteiger partial charge in [0.05, 0.1) is 12.6 Å². The molecule has 0 heterocycles. The molecule has 1 atom stereocenters. The number of amides is 1. The van der Waals surface area contributed by atoms with Crippen LogP contribution in [0.4, 0.5) is 0 Å². The van der Waals surface area contributed by atoms with E-state index < -0.39 is 0 Å². The summed E-state index contributed by atoms with van der Waals surface area (Å²) >= 11 is 0. The summed E-state index contributed by atoms with van der Waals surface area (Å²) < 4.78 is 0. The molecule has 0 radical (unpaired) electrons. The van der Waals surface area contributed by atoms with E-state index in [9.17, 15) is 9.90 Å². The molecule has 1 saturated carbocycles. The van der Waals surface area contributed by atoms with Crippen molar-refractivity contribution in [3.05, 3.63) is 35.9 Å². The van der Waals surface area contributed by atoms with E-state index in [4.69, 9.17) is 0 Å². The summed E-state index contributed by atoms with van der Waals surface area (Å²) in [5.41, 5.74) is 0.959. The van der Waals surface area contributed by atoms with Crippen LogP contribution >= 0.6 is 0 Å². The Morgan fingerprint density at radius 3 is 2.55 bits per heavy atom. The third kappa shape index (κ3) is 4.64. The quantitative estimate of drug-likeness (QED) is 0.837. The van der Waals surface area contributed by atoms with Gasteiger partial charge in [0, 0.05) is 6.42 Å². The molecule has 0 saturated heterocycles. The zero-order valence-corrected chi connectivity index (χ0v) is 12.1. The number of benzene rings is 1. The van der Waals surface area contributed by atoms with Gasteiger partial charge in [-0.3, -0.25) is 4.79 Å². The maximum Gasteiger partial charge on any atom is 0.220 e. The smallest absolute Gasteiger partial charge is 0.220 e. The lowest BCUT2D eigenvalue weighted by Gasteiger charge is -2.22. The van der Waals surface area contributed by atoms with E-state index in [1.54, 1.807) is 0 Å². The lowest BCUT2D eigenvalue weighted by atomic mass is 9.86. The molecule has 0 bridgehead atoms. The molecule has 0 aliphatic heterocycles. The molecule has 2 rings (SSSR count). The van der Waals surface area contributed by atoms with Crippen molar-refractivity contribution in [2.24, 2.45) is 5.92 Å². The highest BCUT2D eigenvalue weighted by molar-refractivity contribution is 5.76. The van der Waals surface area contributed by atoms with Gasteiger partial charge in [0.15, 0.2) is 0 Å². The van der Waals surface area contributed by atoms with E-state index in [0.717, 1.165) is 17.9 Å². The summed E-state index contributed by atoms with van der Waals surface area (Å²) in [6.45, 7) is -0.0564. The predicted octanol–water partition coefficient (Wildman–Crippen LogP) is 3.20. The van der Waals surface area contributed by atoms with Crippen molar-refractivity contribution in [3.8, 4) is 0 Å². The number of aliphatic hydroxyl groups is 1. The maximum absolute atomic E-state index is 12.0. The lowest BCUT2D eigenvalue weighted by Crippen LogP contribution is -2.31. The highest BCUT2D eigenvalue weighted by Gasteiger charge is 2.17. The average molecular weight is 275 g/mol. The zero-order chi connectivity index (χ0) is 14.2. The van der Waals surface area contributed by atoms with Crippen LogP contribution in [0.2, 0.25) is 0 Å². The van der Waals surface area contributed by atoms with Gasteiger partial charge in [0.25, 0.3) is 0 Å². The molecule has 3 heteroatoms. The standard InChI is InChI=1S/C17H25NO2/c19-13-16(15-9-5-2-6-10-15)18-17(20)12-11-14-7-3-1-4-8-14/h2,5-6,9-10,14,16,19H,1,3-4,7-8,11-13H2,(H,18,20). The zero-order valence-electron chi connectivity index (χ0n) is 12.1. The van der Waals surface area contributed by atoms with Crippen LogP contribution in [-0.4, -0.2) is 17.6 Å². The molecule has 2 N–H and O–H groups in total. The summed E-state index contributed by atoms with van der Waals surface area (Å²) in [6, 6.07) is 9.36. The number of hydrogen-bond donors (Lipinski definition) is 2. The van der Waals surface area contributed by atoms with E-state index in [1.165, 1.54) is 32.1 Å². The number of hydrogen-bond acceptors (Lipinski definition) is 2. The summed E-state index contributed by atoms with van der Waals surface area (Å²) in [5, 5.41) is 12.4. The van der Waals surface area contributed by atoms with Gasteiger partial charge in [0.2, 0.25) is 5.91 Å². The molecule has 1 unspecified atom stereocenters. The van der Waals surface area contributed by atoms with Crippen LogP contribution < -0.4 is 5.32 Å². The van der Waals surface area contributed by atoms with Gasteiger partial charge >= 0.3 is 0 Å². The monoisotopic (exact) mass is 275 g/mol. The second-order valence-electron chi connectivity index (χ2n) is 5.76. The Balaban J connectivity index is 1.77. The molecule has 110 valence electrons. The first-order valence-corrected chi connectivity index (χ1v) is 7.74. The molecule has 0 spiro atoms. The van der Waals surface area contributed by atoms with Crippen LogP contribution in [-0.2, 0) is 4.79 Å². The highest BCUT2D eigenvalue weighted by Crippen LogP contribution is 2.27. The average Bonchev–Trinajstić information content (AvgIpc) is 2.52. The van der Waals surface area contributed by atoms with E-state index in [-0.39, 0.29) is 18.6 Å². The van der Waals surface area contributed by atoms with Crippen LogP contribution in [0.1, 0.15) is 56.6 Å². The first-order valence-electron chi connectivity index (χ1n) is 7.74. The highest BCUT2D eigenvalue weighted by atomic mass is 16.3. The maximum atomic E-state index is 12.0. The Labute approximate surface area is 121 Å². The summed E-state index contributed by atoms with van der Waals surface area (Å²) in [7, 11) is 0. The number of carbonyl (C=O) groups excluding carboxylic acids is 1. The van der Waals surface area contributed by atoms with Gasteiger partial charge in [-0.2, -0.15) is 0 Å². The number of nitrogens with one attached hydrogen (secondary N) is 1. The van der Waals surface area contributed by atoms with Crippen LogP contribution in [0.25, 0.3) is 0 Å². The Morgan fingerprint density at radius 2 is 1.90 bits per heavy atom. The topological polar surface area (TPSA) is 49.3 Å². The number of aliphatic hydroxyl groups excluding tert-OH is 1. The third-order valence-corrected chi connectivity index (χ3v) is 4.22. The van der Waals surface area contributed by atoms with Gasteiger partial charge < -0.3 is 10.4 Å². The predicted molar refractivity (Wildman–Crippen MR) is 80.2 cm³/mol. The molecule has 1 aromatic rings. The van der Waals surface area contributed by atoms with Crippen molar-refractivity contribution >= 4 is 5.91 Å². The van der Waals surface area contributed by atoms with Gasteiger partial charge in [-0.1, -0.05) is 62.4 Å². The van der Waals surface area contributed by atoms with Crippen molar-refractivity contribution in [1.82, 2.24) is 5.32 Å². The molecule has 1 aromatic carbocycles. The fraction of sp³-hybridized carbons (Fsp3) is 0.588. The van der Waals surface area contributed by atoms with Crippen LogP contribution in [0.3, 0.4) is 0 Å². The fourth-order valence-electron chi connectivity index (χ4n) is 3.00. The third-order valence-electron chi connectivity index (χ3n) is 4.22. The molecular weight excluding hydrogens is 250 g/mol. The minimum atomic E-state index is -0.282. The Kier molecular flexibility index (Phi) is 6.06. The number of rotatable bonds is 6. The normalized spacial score (nSPS) is 17.6. The molecule has 3 nitrogen and oxygen atoms in total. The van der Waals surface area contributed by atoms with Gasteiger partial charge in [-0.25, -0.2) is 0 Å². The van der Waals surface area contributed by atoms with Crippen molar-refractivity contribution in [2.45, 2.75) is 51.0 Å². The molecule has 1 aliphatic carbocycles. The van der Waals surface area contributed by atoms with Crippen LogP contribution in [0, 0.1) is 5.92 Å². The van der Waals surface area contributed by atoms with Crippen LogP contribution in [0.15, 0.2) is 30.3 Å². The minimum Gasteiger partial charge on any atom is -0.394 e. The summed E-state index contributed by atoms with van der Waals surface area (Å²) in [5.74, 6) is 0.775. The Morgan fingerprint density at radius 1 is 1.20 bits per heavy atom. The molecule has 1 amide bonds. The van der Waals surface area contributed by atoms with E-state index in [1.807, 2.05) is 30.3 Å².